The molecule has 0 radical (unpaired) electrons. The van der Waals surface area contributed by atoms with Gasteiger partial charge in [-0.15, -0.1) is 0 Å². The molecule has 1 heterocycles. The molecule has 1 aromatic carbocycles. The van der Waals surface area contributed by atoms with Gasteiger partial charge >= 0.3 is 7.12 Å². The Morgan fingerprint density at radius 1 is 1.40 bits per heavy atom. The zero-order chi connectivity index (χ0) is 11.1. The van der Waals surface area contributed by atoms with E-state index in [2.05, 4.69) is 0 Å². The van der Waals surface area contributed by atoms with Crippen molar-refractivity contribution in [2.75, 3.05) is 6.61 Å². The van der Waals surface area contributed by atoms with Crippen LogP contribution in [0.25, 0.3) is 0 Å². The summed E-state index contributed by atoms with van der Waals surface area (Å²) in [6.45, 7) is 6.54. The van der Waals surface area contributed by atoms with E-state index >= 15 is 0 Å². The van der Waals surface area contributed by atoms with E-state index in [1.165, 1.54) is 0 Å². The third-order valence-corrected chi connectivity index (χ3v) is 2.52. The number of phenolic OH excluding ortho intramolecular Hbond substituents is 1. The lowest BCUT2D eigenvalue weighted by Crippen LogP contribution is -2.36. The molecule has 2 rings (SSSR count). The van der Waals surface area contributed by atoms with Crippen LogP contribution in [0.4, 0.5) is 0 Å². The third-order valence-electron chi connectivity index (χ3n) is 2.52. The summed E-state index contributed by atoms with van der Waals surface area (Å²) in [4.78, 5) is 0. The maximum atomic E-state index is 9.30. The van der Waals surface area contributed by atoms with Gasteiger partial charge in [-0.3, -0.25) is 0 Å². The van der Waals surface area contributed by atoms with E-state index in [9.17, 15) is 5.11 Å². The summed E-state index contributed by atoms with van der Waals surface area (Å²) in [6.07, 6.45) is 0. The van der Waals surface area contributed by atoms with Gasteiger partial charge in [-0.1, -0.05) is 6.07 Å². The molecule has 1 aliphatic heterocycles. The lowest BCUT2D eigenvalue weighted by Gasteiger charge is -2.16. The van der Waals surface area contributed by atoms with Crippen LogP contribution in [0, 0.1) is 6.92 Å². The summed E-state index contributed by atoms with van der Waals surface area (Å²) in [5.41, 5.74) is 1.74. The average Bonchev–Trinajstić information content (AvgIpc) is 2.46. The highest BCUT2D eigenvalue weighted by Gasteiger charge is 2.38. The molecule has 0 unspecified atom stereocenters. The lowest BCUT2D eigenvalue weighted by atomic mass is 9.76. The van der Waals surface area contributed by atoms with Crippen molar-refractivity contribution in [1.82, 2.24) is 0 Å². The molecule has 4 heteroatoms. The zero-order valence-corrected chi connectivity index (χ0v) is 9.28. The summed E-state index contributed by atoms with van der Waals surface area (Å²) in [5.74, 6) is 0.272. The minimum Gasteiger partial charge on any atom is -0.508 e. The van der Waals surface area contributed by atoms with Crippen LogP contribution in [0.5, 0.6) is 5.75 Å². The molecule has 0 atom stereocenters. The van der Waals surface area contributed by atoms with Crippen LogP contribution in [0.15, 0.2) is 18.2 Å². The Morgan fingerprint density at radius 3 is 2.67 bits per heavy atom. The molecule has 1 aromatic rings. The van der Waals surface area contributed by atoms with Crippen molar-refractivity contribution in [3.63, 3.8) is 0 Å². The molecule has 0 spiro atoms. The molecule has 0 saturated carbocycles. The van der Waals surface area contributed by atoms with Gasteiger partial charge < -0.3 is 14.4 Å². The van der Waals surface area contributed by atoms with E-state index in [1.807, 2.05) is 26.8 Å². The fourth-order valence-corrected chi connectivity index (χ4v) is 1.71. The smallest absolute Gasteiger partial charge is 0.494 e. The van der Waals surface area contributed by atoms with Crippen molar-refractivity contribution in [3.8, 4) is 5.75 Å². The highest BCUT2D eigenvalue weighted by Crippen LogP contribution is 2.21. The standard InChI is InChI=1S/C11H15BO3/c1-8-6-9(13)4-5-10(8)12-14-7-11(2,3)15-12/h4-6,13H,7H2,1-3H3. The number of aromatic hydroxyl groups is 1. The van der Waals surface area contributed by atoms with E-state index in [0.29, 0.717) is 6.61 Å². The van der Waals surface area contributed by atoms with Crippen LogP contribution in [-0.2, 0) is 9.31 Å². The normalized spacial score (nSPS) is 19.5. The van der Waals surface area contributed by atoms with Crippen LogP contribution in [0.3, 0.4) is 0 Å². The van der Waals surface area contributed by atoms with Gasteiger partial charge in [0, 0.05) is 0 Å². The number of rotatable bonds is 1. The topological polar surface area (TPSA) is 38.7 Å². The van der Waals surface area contributed by atoms with Gasteiger partial charge in [0.15, 0.2) is 0 Å². The number of hydrogen-bond donors (Lipinski definition) is 1. The predicted molar refractivity (Wildman–Crippen MR) is 59.3 cm³/mol. The Balaban J connectivity index is 2.24. The highest BCUT2D eigenvalue weighted by molar-refractivity contribution is 6.62. The first-order chi connectivity index (χ1) is 6.98. The van der Waals surface area contributed by atoms with Crippen molar-refractivity contribution < 1.29 is 14.4 Å². The van der Waals surface area contributed by atoms with Gasteiger partial charge in [0.05, 0.1) is 12.2 Å². The second-order valence-electron chi connectivity index (χ2n) is 4.56. The van der Waals surface area contributed by atoms with Gasteiger partial charge in [0.25, 0.3) is 0 Å². The summed E-state index contributed by atoms with van der Waals surface area (Å²) < 4.78 is 11.3. The summed E-state index contributed by atoms with van der Waals surface area (Å²) in [7, 11) is -0.305. The Hall–Kier alpha value is -0.995. The van der Waals surface area contributed by atoms with Crippen LogP contribution in [-0.4, -0.2) is 24.4 Å². The van der Waals surface area contributed by atoms with E-state index in [-0.39, 0.29) is 18.5 Å². The molecule has 1 saturated heterocycles. The van der Waals surface area contributed by atoms with Crippen molar-refractivity contribution in [2.24, 2.45) is 0 Å². The average molecular weight is 206 g/mol. The summed E-state index contributed by atoms with van der Waals surface area (Å²) >= 11 is 0. The number of benzene rings is 1. The first-order valence-electron chi connectivity index (χ1n) is 5.07. The van der Waals surface area contributed by atoms with Gasteiger partial charge in [-0.25, -0.2) is 0 Å². The second-order valence-corrected chi connectivity index (χ2v) is 4.56. The second kappa shape index (κ2) is 3.54. The summed E-state index contributed by atoms with van der Waals surface area (Å²) in [6, 6.07) is 5.21. The van der Waals surface area contributed by atoms with Gasteiger partial charge in [0.1, 0.15) is 5.75 Å². The SMILES string of the molecule is Cc1cc(O)ccc1B1OCC(C)(C)O1. The molecule has 0 amide bonds. The molecule has 1 fully saturated rings. The molecule has 0 bridgehead atoms. The van der Waals surface area contributed by atoms with E-state index < -0.39 is 0 Å². The predicted octanol–water partition coefficient (Wildman–Crippen LogP) is 1.22. The zero-order valence-electron chi connectivity index (χ0n) is 9.28. The number of hydrogen-bond acceptors (Lipinski definition) is 3. The van der Waals surface area contributed by atoms with Crippen LogP contribution >= 0.6 is 0 Å². The van der Waals surface area contributed by atoms with Gasteiger partial charge in [-0.05, 0) is 43.9 Å². The molecule has 1 aliphatic rings. The van der Waals surface area contributed by atoms with Gasteiger partial charge in [-0.2, -0.15) is 0 Å². The maximum absolute atomic E-state index is 9.30. The first-order valence-corrected chi connectivity index (χ1v) is 5.07. The third kappa shape index (κ3) is 2.16. The Kier molecular flexibility index (Phi) is 2.48. The molecule has 3 nitrogen and oxygen atoms in total. The largest absolute Gasteiger partial charge is 0.508 e. The Labute approximate surface area is 90.2 Å². The highest BCUT2D eigenvalue weighted by atomic mass is 16.7. The summed E-state index contributed by atoms with van der Waals surface area (Å²) in [5, 5.41) is 9.30. The van der Waals surface area contributed by atoms with Crippen LogP contribution in [0.1, 0.15) is 19.4 Å². The molecule has 0 aromatic heterocycles. The number of aryl methyl sites for hydroxylation is 1. The quantitative estimate of drug-likeness (QED) is 0.702. The van der Waals surface area contributed by atoms with E-state index in [1.54, 1.807) is 12.1 Å². The minimum atomic E-state index is -0.305. The van der Waals surface area contributed by atoms with E-state index in [4.69, 9.17) is 9.31 Å². The molecular weight excluding hydrogens is 191 g/mol. The fourth-order valence-electron chi connectivity index (χ4n) is 1.71. The van der Waals surface area contributed by atoms with E-state index in [0.717, 1.165) is 11.0 Å². The van der Waals surface area contributed by atoms with Crippen LogP contribution < -0.4 is 5.46 Å². The van der Waals surface area contributed by atoms with Crippen molar-refractivity contribution in [1.29, 1.82) is 0 Å². The maximum Gasteiger partial charge on any atom is 0.494 e. The molecule has 80 valence electrons. The van der Waals surface area contributed by atoms with Crippen molar-refractivity contribution >= 4 is 12.6 Å². The lowest BCUT2D eigenvalue weighted by molar-refractivity contribution is 0.137. The van der Waals surface area contributed by atoms with Gasteiger partial charge in [0.2, 0.25) is 0 Å². The molecular formula is C11H15BO3. The first kappa shape index (κ1) is 10.5. The fraction of sp³-hybridized carbons (Fsp3) is 0.455. The van der Waals surface area contributed by atoms with Crippen LogP contribution in [0.2, 0.25) is 0 Å². The number of phenols is 1. The minimum absolute atomic E-state index is 0.227. The Morgan fingerprint density at radius 2 is 2.13 bits per heavy atom. The monoisotopic (exact) mass is 206 g/mol. The van der Waals surface area contributed by atoms with Crippen molar-refractivity contribution in [2.45, 2.75) is 26.4 Å². The van der Waals surface area contributed by atoms with Crippen molar-refractivity contribution in [3.05, 3.63) is 23.8 Å². The Bertz CT molecular complexity index is 376. The molecule has 0 aliphatic carbocycles. The molecule has 1 N–H and O–H groups in total. The molecule has 15 heavy (non-hydrogen) atoms.